The van der Waals surface area contributed by atoms with Crippen LogP contribution in [0.15, 0.2) is 273 Å². The summed E-state index contributed by atoms with van der Waals surface area (Å²) >= 11 is 0. The molecule has 0 atom stereocenters. The third kappa shape index (κ3) is 9.50. The zero-order chi connectivity index (χ0) is 89.8. The number of pyridine rings is 1. The van der Waals surface area contributed by atoms with Crippen LogP contribution in [0.3, 0.4) is 0 Å². The maximum atomic E-state index is 11.0. The minimum Gasteiger partial charge on any atom is -0.510 e. The molecule has 7 heteroatoms. The fourth-order valence-corrected chi connectivity index (χ4v) is 15.0. The van der Waals surface area contributed by atoms with E-state index >= 15 is 0 Å². The summed E-state index contributed by atoms with van der Waals surface area (Å²) in [5.41, 5.74) is -11.8. The summed E-state index contributed by atoms with van der Waals surface area (Å²) in [6, 6.07) is 13.2. The Morgan fingerprint density at radius 1 is 0.540 bits per heavy atom. The van der Waals surface area contributed by atoms with Crippen LogP contribution < -0.4 is 30.1 Å². The van der Waals surface area contributed by atoms with Gasteiger partial charge in [0.25, 0.3) is 6.33 Å². The minimum absolute atomic E-state index is 0. The first-order valence-corrected chi connectivity index (χ1v) is 28.7. The molecular weight excluding hydrogens is 1260 g/mol. The van der Waals surface area contributed by atoms with E-state index < -0.39 is 252 Å². The predicted molar refractivity (Wildman–Crippen MR) is 355 cm³/mol. The topological polar surface area (TPSA) is 35.9 Å². The first kappa shape index (κ1) is 27.9. The summed E-state index contributed by atoms with van der Waals surface area (Å²) in [6.45, 7) is -18.6. The van der Waals surface area contributed by atoms with Crippen molar-refractivity contribution >= 4 is 61.7 Å². The van der Waals surface area contributed by atoms with E-state index in [4.69, 9.17) is 34.4 Å². The Balaban J connectivity index is 0.0000125. The molecule has 11 aromatic carbocycles. The minimum atomic E-state index is -6.64. The van der Waals surface area contributed by atoms with Crippen molar-refractivity contribution in [3.8, 4) is 62.1 Å². The molecule has 1 aliphatic rings. The Bertz CT molecular complexity index is 6590. The molecule has 0 bridgehead atoms. The van der Waals surface area contributed by atoms with Crippen LogP contribution in [0.4, 0.5) is 0 Å². The van der Waals surface area contributed by atoms with E-state index in [1.54, 1.807) is 59.2 Å². The Hall–Kier alpha value is -9.45. The van der Waals surface area contributed by atoms with Crippen LogP contribution in [0.5, 0.6) is 11.5 Å². The SMILES string of the molecule is [2H]c1c([2H])c([2H])c([Si](c2c([2H])c([2H])c([2H])c([2H])c2[2H])(c2c([2H])c([2H])c([2H])c([2H])c2[2H])c2c([2H])c([2H])c([2H])c(-c3cccc(-c4c([2H])c([2H])c5c(c4[2H])C(C([2H])([2H])[2H])(C([2H])([2H])[2H])CC5(C([2H])([2H])[2H])C([2H])([2H])[2H])c3-[n+]3[c-]n(-c4[c-]c(Oc5[c-]c6c(cc5)c5ccccc5n6-c5cc(C([2H])([2H])[2H])c(-c6ccccc6)cn5)ccc4)c4ccccc43)c2[2H])c([2H])c1[2H].[Pt]. The number of hydrogen-bond acceptors (Lipinski definition) is 2. The largest absolute Gasteiger partial charge is 0.510 e. The van der Waals surface area contributed by atoms with Gasteiger partial charge in [-0.3, -0.25) is 4.57 Å². The molecule has 3 aromatic heterocycles. The quantitative estimate of drug-likeness (QED) is 0.0529. The number of para-hydroxylation sites is 4. The molecule has 0 aliphatic heterocycles. The zero-order valence-corrected chi connectivity index (χ0v) is 48.3. The van der Waals surface area contributed by atoms with Crippen molar-refractivity contribution in [3.05, 3.63) is 308 Å². The Kier molecular flexibility index (Phi) is 7.10. The van der Waals surface area contributed by atoms with Crippen molar-refractivity contribution in [2.75, 3.05) is 0 Å². The van der Waals surface area contributed by atoms with Crippen molar-refractivity contribution < 1.29 is 81.1 Å². The molecule has 5 nitrogen and oxygen atoms in total. The van der Waals surface area contributed by atoms with Gasteiger partial charge in [-0.2, -0.15) is 18.2 Å². The van der Waals surface area contributed by atoms with Gasteiger partial charge in [0.05, 0.1) is 46.9 Å². The fraction of sp³-hybridized carbons (Fsp3) is 0.100. The van der Waals surface area contributed by atoms with Gasteiger partial charge >= 0.3 is 0 Å². The second-order valence-corrected chi connectivity index (χ2v) is 23.8. The number of benzene rings is 11. The average molecular weight is 1360 g/mol. The molecule has 424 valence electrons. The second kappa shape index (κ2) is 22.1. The molecule has 0 spiro atoms. The average Bonchev–Trinajstić information content (AvgIpc) is 1.46. The van der Waals surface area contributed by atoms with Gasteiger partial charge in [-0.05, 0) is 113 Å². The van der Waals surface area contributed by atoms with E-state index in [0.717, 1.165) is 28.2 Å². The second-order valence-electron chi connectivity index (χ2n) is 20.3. The first-order chi connectivity index (χ1) is 57.4. The number of rotatable bonds is 12. The van der Waals surface area contributed by atoms with Crippen LogP contribution in [0.2, 0.25) is 0 Å². The van der Waals surface area contributed by atoms with Gasteiger partial charge in [-0.25, -0.2) is 4.98 Å². The van der Waals surface area contributed by atoms with E-state index in [1.165, 1.54) is 53.2 Å². The molecule has 0 saturated heterocycles. The number of hydrogen-bond donors (Lipinski definition) is 0. The number of nitrogens with zero attached hydrogens (tertiary/aromatic N) is 4. The molecular formula is C80H62N4OPtSi-2. The Morgan fingerprint density at radius 2 is 1.17 bits per heavy atom. The fourth-order valence-electron chi connectivity index (χ4n) is 11.4. The summed E-state index contributed by atoms with van der Waals surface area (Å²) < 4.78 is 358. The third-order valence-corrected chi connectivity index (χ3v) is 19.2. The van der Waals surface area contributed by atoms with Gasteiger partial charge in [-0.15, -0.1) is 29.7 Å². The van der Waals surface area contributed by atoms with Crippen LogP contribution in [0.25, 0.3) is 83.4 Å². The number of ether oxygens (including phenoxy) is 1. The molecule has 0 radical (unpaired) electrons. The molecule has 0 saturated carbocycles. The monoisotopic (exact) mass is 1350 g/mol. The van der Waals surface area contributed by atoms with Gasteiger partial charge in [-0.1, -0.05) is 257 Å². The van der Waals surface area contributed by atoms with Gasteiger partial charge in [0.15, 0.2) is 8.07 Å². The maximum Gasteiger partial charge on any atom is 0.268 e. The Labute approximate surface area is 576 Å². The number of aryl methyl sites for hydroxylation is 1. The van der Waals surface area contributed by atoms with Crippen LogP contribution in [0, 0.1) is 25.3 Å². The van der Waals surface area contributed by atoms with E-state index in [0.29, 0.717) is 27.5 Å². The van der Waals surface area contributed by atoms with Crippen LogP contribution in [0.1, 0.15) is 101 Å². The summed E-state index contributed by atoms with van der Waals surface area (Å²) in [5.74, 6) is 0.269. The molecule has 0 amide bonds. The van der Waals surface area contributed by atoms with E-state index in [-0.39, 0.29) is 60.7 Å². The number of fused-ring (bicyclic) bond motifs is 5. The summed E-state index contributed by atoms with van der Waals surface area (Å²) in [7, 11) is -6.64. The molecule has 15 rings (SSSR count). The van der Waals surface area contributed by atoms with Crippen molar-refractivity contribution in [2.24, 2.45) is 0 Å². The van der Waals surface area contributed by atoms with Gasteiger partial charge in [0.2, 0.25) is 0 Å². The normalized spacial score (nSPS) is 20.2. The Morgan fingerprint density at radius 3 is 1.89 bits per heavy atom. The predicted octanol–water partition coefficient (Wildman–Crippen LogP) is 16.2. The van der Waals surface area contributed by atoms with Crippen molar-refractivity contribution in [3.63, 3.8) is 0 Å². The summed E-state index contributed by atoms with van der Waals surface area (Å²) in [5, 5.41) is -3.46. The maximum absolute atomic E-state index is 11.0. The van der Waals surface area contributed by atoms with Gasteiger partial charge < -0.3 is 13.9 Å². The van der Waals surface area contributed by atoms with E-state index in [9.17, 15) is 26.0 Å². The number of aromatic nitrogens is 4. The standard InChI is InChI=1S/C80H62N4OSi.Pt/c1-55-47-77(81-52-70(55)56-25-10-6-11-26-56)84-73-40-19-18-37-68(73)69-45-44-61(51-76(69)84)85-60-29-23-28-59(50-60)82-54-83(75-42-21-20-41-74(75)82)78-66(38-24-39-67(78)58-43-46-71-72(49-58)80(4,5)53-79(71,2)3)57-27-22-36-65(48-57)86(62-30-12-7-13-31-62,63-32-14-8-15-33-63)64-34-16-9-17-35-64;/h6-49,52H,53H2,1-5H3;/q-2;/i1D3,2D3,3D3,4D3,5D3,7D,8D,9D,12D,13D,14D,15D,16D,17D,22D,27D,30D,31D,32D,33D,34D,35D,36D,43D,46D,48D,49D;. The molecule has 0 fully saturated rings. The van der Waals surface area contributed by atoms with Crippen LogP contribution >= 0.6 is 0 Å². The van der Waals surface area contributed by atoms with Crippen LogP contribution in [-0.2, 0) is 31.9 Å². The molecule has 14 aromatic rings. The van der Waals surface area contributed by atoms with Crippen molar-refractivity contribution in [1.82, 2.24) is 14.1 Å². The van der Waals surface area contributed by atoms with Crippen molar-refractivity contribution in [2.45, 2.75) is 51.5 Å². The molecule has 0 N–H and O–H groups in total. The molecule has 3 heterocycles. The molecule has 1 aliphatic carbocycles. The van der Waals surface area contributed by atoms with E-state index in [1.807, 2.05) is 18.2 Å². The summed E-state index contributed by atoms with van der Waals surface area (Å²) in [4.78, 5) is 4.81. The van der Waals surface area contributed by atoms with Crippen molar-refractivity contribution in [1.29, 1.82) is 0 Å². The number of imidazole rings is 1. The smallest absolute Gasteiger partial charge is 0.268 e. The molecule has 87 heavy (non-hydrogen) atoms. The molecule has 0 unspecified atom stereocenters. The van der Waals surface area contributed by atoms with Gasteiger partial charge in [0, 0.05) is 70.4 Å². The third-order valence-electron chi connectivity index (χ3n) is 15.2. The summed E-state index contributed by atoms with van der Waals surface area (Å²) in [6.07, 6.45) is 2.86. The van der Waals surface area contributed by atoms with Gasteiger partial charge in [0.1, 0.15) is 5.82 Å². The van der Waals surface area contributed by atoms with E-state index in [2.05, 4.69) is 18.5 Å². The van der Waals surface area contributed by atoms with Crippen LogP contribution in [-0.4, -0.2) is 22.2 Å². The zero-order valence-electron chi connectivity index (χ0n) is 82.0. The first-order valence-electron chi connectivity index (χ1n) is 45.2.